The molecular formula is C12H18ClN3. The van der Waals surface area contributed by atoms with E-state index in [0.29, 0.717) is 10.6 Å². The van der Waals surface area contributed by atoms with E-state index in [1.165, 1.54) is 32.0 Å². The second-order valence-corrected chi connectivity index (χ2v) is 5.06. The molecule has 0 radical (unpaired) electrons. The fourth-order valence-electron chi connectivity index (χ4n) is 2.21. The van der Waals surface area contributed by atoms with Crippen LogP contribution in [-0.2, 0) is 0 Å². The summed E-state index contributed by atoms with van der Waals surface area (Å²) in [5, 5.41) is 3.95. The van der Waals surface area contributed by atoms with E-state index in [0.717, 1.165) is 17.9 Å². The van der Waals surface area contributed by atoms with Crippen molar-refractivity contribution in [2.75, 3.05) is 11.9 Å². The first-order valence-corrected chi connectivity index (χ1v) is 6.26. The van der Waals surface area contributed by atoms with Crippen molar-refractivity contribution >= 4 is 17.4 Å². The molecule has 0 atom stereocenters. The standard InChI is InChI=1S/C12H18ClN3/c1-3-12(5-4-6-12)7-14-11-9(2)10(13)15-8-16-11/h8H,3-7H2,1-2H3,(H,14,15,16). The minimum absolute atomic E-state index is 0.490. The Hall–Kier alpha value is -0.830. The fraction of sp³-hybridized carbons (Fsp3) is 0.667. The molecule has 16 heavy (non-hydrogen) atoms. The average Bonchev–Trinajstić information content (AvgIpc) is 2.23. The number of aromatic nitrogens is 2. The van der Waals surface area contributed by atoms with Crippen LogP contribution < -0.4 is 5.32 Å². The van der Waals surface area contributed by atoms with Crippen molar-refractivity contribution in [2.45, 2.75) is 39.5 Å². The van der Waals surface area contributed by atoms with Gasteiger partial charge in [-0.3, -0.25) is 0 Å². The number of hydrogen-bond donors (Lipinski definition) is 1. The van der Waals surface area contributed by atoms with Gasteiger partial charge in [0.25, 0.3) is 0 Å². The molecule has 2 rings (SSSR count). The molecule has 1 N–H and O–H groups in total. The zero-order valence-corrected chi connectivity index (χ0v) is 10.6. The van der Waals surface area contributed by atoms with Crippen LogP contribution in [0.4, 0.5) is 5.82 Å². The smallest absolute Gasteiger partial charge is 0.137 e. The van der Waals surface area contributed by atoms with Crippen LogP contribution >= 0.6 is 11.6 Å². The largest absolute Gasteiger partial charge is 0.369 e. The van der Waals surface area contributed by atoms with Crippen LogP contribution in [-0.4, -0.2) is 16.5 Å². The van der Waals surface area contributed by atoms with E-state index < -0.39 is 0 Å². The summed E-state index contributed by atoms with van der Waals surface area (Å²) in [6.45, 7) is 5.21. The monoisotopic (exact) mass is 239 g/mol. The van der Waals surface area contributed by atoms with Crippen molar-refractivity contribution < 1.29 is 0 Å². The number of anilines is 1. The number of nitrogens with zero attached hydrogens (tertiary/aromatic N) is 2. The third-order valence-electron chi connectivity index (χ3n) is 3.82. The number of rotatable bonds is 4. The van der Waals surface area contributed by atoms with Crippen LogP contribution in [0.2, 0.25) is 5.15 Å². The first kappa shape index (κ1) is 11.6. The maximum absolute atomic E-state index is 5.95. The van der Waals surface area contributed by atoms with Crippen LogP contribution in [0.1, 0.15) is 38.2 Å². The molecule has 0 bridgehead atoms. The van der Waals surface area contributed by atoms with Gasteiger partial charge in [0.15, 0.2) is 0 Å². The van der Waals surface area contributed by atoms with Gasteiger partial charge >= 0.3 is 0 Å². The summed E-state index contributed by atoms with van der Waals surface area (Å²) in [6.07, 6.45) is 6.76. The second kappa shape index (κ2) is 4.58. The zero-order chi connectivity index (χ0) is 11.6. The van der Waals surface area contributed by atoms with Crippen LogP contribution in [0.15, 0.2) is 6.33 Å². The molecule has 1 aliphatic carbocycles. The Balaban J connectivity index is 2.02. The zero-order valence-electron chi connectivity index (χ0n) is 9.89. The van der Waals surface area contributed by atoms with Crippen molar-refractivity contribution in [3.05, 3.63) is 17.0 Å². The Morgan fingerprint density at radius 2 is 2.19 bits per heavy atom. The minimum Gasteiger partial charge on any atom is -0.369 e. The lowest BCUT2D eigenvalue weighted by atomic mass is 9.67. The lowest BCUT2D eigenvalue weighted by molar-refractivity contribution is 0.145. The molecule has 3 nitrogen and oxygen atoms in total. The van der Waals surface area contributed by atoms with Gasteiger partial charge in [-0.25, -0.2) is 9.97 Å². The van der Waals surface area contributed by atoms with Crippen molar-refractivity contribution in [2.24, 2.45) is 5.41 Å². The molecule has 0 saturated heterocycles. The van der Waals surface area contributed by atoms with Crippen LogP contribution in [0, 0.1) is 12.3 Å². The van der Waals surface area contributed by atoms with E-state index in [-0.39, 0.29) is 0 Å². The Labute approximate surface area is 102 Å². The molecule has 1 aromatic heterocycles. The predicted molar refractivity (Wildman–Crippen MR) is 66.8 cm³/mol. The molecule has 0 amide bonds. The van der Waals surface area contributed by atoms with Gasteiger partial charge in [-0.1, -0.05) is 24.9 Å². The van der Waals surface area contributed by atoms with Gasteiger partial charge in [-0.05, 0) is 31.6 Å². The van der Waals surface area contributed by atoms with Crippen molar-refractivity contribution in [3.8, 4) is 0 Å². The van der Waals surface area contributed by atoms with Crippen molar-refractivity contribution in [1.29, 1.82) is 0 Å². The van der Waals surface area contributed by atoms with E-state index in [2.05, 4.69) is 22.2 Å². The number of hydrogen-bond acceptors (Lipinski definition) is 3. The molecule has 4 heteroatoms. The highest BCUT2D eigenvalue weighted by Gasteiger charge is 2.34. The summed E-state index contributed by atoms with van der Waals surface area (Å²) in [5.74, 6) is 0.875. The van der Waals surface area contributed by atoms with Gasteiger partial charge in [-0.15, -0.1) is 0 Å². The third-order valence-corrected chi connectivity index (χ3v) is 4.20. The minimum atomic E-state index is 0.490. The predicted octanol–water partition coefficient (Wildman–Crippen LogP) is 3.43. The Morgan fingerprint density at radius 3 is 2.75 bits per heavy atom. The highest BCUT2D eigenvalue weighted by atomic mass is 35.5. The summed E-state index contributed by atoms with van der Waals surface area (Å²) in [5.41, 5.74) is 1.43. The van der Waals surface area contributed by atoms with Gasteiger partial charge in [0, 0.05) is 12.1 Å². The Kier molecular flexibility index (Phi) is 3.33. The molecule has 1 heterocycles. The molecule has 0 spiro atoms. The highest BCUT2D eigenvalue weighted by Crippen LogP contribution is 2.43. The molecular weight excluding hydrogens is 222 g/mol. The molecule has 1 aliphatic rings. The van der Waals surface area contributed by atoms with Crippen molar-refractivity contribution in [1.82, 2.24) is 9.97 Å². The fourth-order valence-corrected chi connectivity index (χ4v) is 2.34. The Morgan fingerprint density at radius 1 is 1.44 bits per heavy atom. The summed E-state index contributed by atoms with van der Waals surface area (Å²) < 4.78 is 0. The quantitative estimate of drug-likeness (QED) is 0.818. The van der Waals surface area contributed by atoms with Gasteiger partial charge in [0.05, 0.1) is 0 Å². The van der Waals surface area contributed by atoms with Crippen molar-refractivity contribution in [3.63, 3.8) is 0 Å². The molecule has 1 fully saturated rings. The van der Waals surface area contributed by atoms with Gasteiger partial charge in [-0.2, -0.15) is 0 Å². The molecule has 1 saturated carbocycles. The van der Waals surface area contributed by atoms with Crippen LogP contribution in [0.5, 0.6) is 0 Å². The molecule has 1 aromatic rings. The molecule has 0 aliphatic heterocycles. The van der Waals surface area contributed by atoms with E-state index >= 15 is 0 Å². The second-order valence-electron chi connectivity index (χ2n) is 4.70. The highest BCUT2D eigenvalue weighted by molar-refractivity contribution is 6.30. The Bertz CT molecular complexity index is 369. The van der Waals surface area contributed by atoms with Crippen LogP contribution in [0.25, 0.3) is 0 Å². The number of nitrogens with one attached hydrogen (secondary N) is 1. The lowest BCUT2D eigenvalue weighted by Crippen LogP contribution is -2.36. The molecule has 0 unspecified atom stereocenters. The lowest BCUT2D eigenvalue weighted by Gasteiger charge is -2.41. The summed E-state index contributed by atoms with van der Waals surface area (Å²) in [6, 6.07) is 0. The summed E-state index contributed by atoms with van der Waals surface area (Å²) >= 11 is 5.95. The third kappa shape index (κ3) is 2.14. The SMILES string of the molecule is CCC1(CNc2ncnc(Cl)c2C)CCC1. The first-order chi connectivity index (χ1) is 7.67. The average molecular weight is 240 g/mol. The normalized spacial score (nSPS) is 17.9. The van der Waals surface area contributed by atoms with Crippen LogP contribution in [0.3, 0.4) is 0 Å². The van der Waals surface area contributed by atoms with Gasteiger partial charge in [0.2, 0.25) is 0 Å². The molecule has 0 aromatic carbocycles. The number of halogens is 1. The van der Waals surface area contributed by atoms with E-state index in [1.54, 1.807) is 0 Å². The maximum atomic E-state index is 5.95. The van der Waals surface area contributed by atoms with E-state index in [4.69, 9.17) is 11.6 Å². The van der Waals surface area contributed by atoms with E-state index in [1.807, 2.05) is 6.92 Å². The summed E-state index contributed by atoms with van der Waals surface area (Å²) in [4.78, 5) is 8.18. The van der Waals surface area contributed by atoms with Gasteiger partial charge < -0.3 is 5.32 Å². The first-order valence-electron chi connectivity index (χ1n) is 5.88. The maximum Gasteiger partial charge on any atom is 0.137 e. The summed E-state index contributed by atoms with van der Waals surface area (Å²) in [7, 11) is 0. The van der Waals surface area contributed by atoms with E-state index in [9.17, 15) is 0 Å². The molecule has 88 valence electrons. The van der Waals surface area contributed by atoms with Gasteiger partial charge in [0.1, 0.15) is 17.3 Å². The topological polar surface area (TPSA) is 37.8 Å².